The minimum Gasteiger partial charge on any atom is -0.318 e. The maximum atomic E-state index is 12.0. The molecule has 0 fully saturated rings. The minimum atomic E-state index is -0.173. The third-order valence-corrected chi connectivity index (χ3v) is 2.54. The Kier molecular flexibility index (Phi) is 2.95. The maximum absolute atomic E-state index is 12.0. The van der Waals surface area contributed by atoms with Gasteiger partial charge in [0.2, 0.25) is 0 Å². The van der Waals surface area contributed by atoms with E-state index in [2.05, 4.69) is 15.5 Å². The standard InChI is InChI=1S/C11H15N5O/c1-4-8-9(7-15(2)14-8)13-11(17)10-5-6-12-16(10)3/h5-7H,4H2,1-3H3,(H,13,17). The zero-order valence-electron chi connectivity index (χ0n) is 10.1. The second-order valence-corrected chi connectivity index (χ2v) is 3.81. The molecule has 0 atom stereocenters. The highest BCUT2D eigenvalue weighted by Crippen LogP contribution is 2.14. The van der Waals surface area contributed by atoms with E-state index in [1.54, 1.807) is 30.2 Å². The number of rotatable bonds is 3. The van der Waals surface area contributed by atoms with Crippen LogP contribution in [0.25, 0.3) is 0 Å². The average molecular weight is 233 g/mol. The number of hydrogen-bond donors (Lipinski definition) is 1. The first-order valence-electron chi connectivity index (χ1n) is 5.43. The third-order valence-electron chi connectivity index (χ3n) is 2.54. The molecule has 0 radical (unpaired) electrons. The van der Waals surface area contributed by atoms with Gasteiger partial charge in [-0.25, -0.2) is 0 Å². The van der Waals surface area contributed by atoms with Crippen molar-refractivity contribution in [2.24, 2.45) is 14.1 Å². The summed E-state index contributed by atoms with van der Waals surface area (Å²) in [5, 5.41) is 11.1. The number of carbonyl (C=O) groups is 1. The monoisotopic (exact) mass is 233 g/mol. The summed E-state index contributed by atoms with van der Waals surface area (Å²) in [5.41, 5.74) is 2.15. The number of carbonyl (C=O) groups excluding carboxylic acids is 1. The Morgan fingerprint density at radius 3 is 2.82 bits per heavy atom. The molecule has 0 aliphatic carbocycles. The number of hydrogen-bond acceptors (Lipinski definition) is 3. The van der Waals surface area contributed by atoms with Gasteiger partial charge in [-0.2, -0.15) is 10.2 Å². The molecule has 0 saturated heterocycles. The number of aromatic nitrogens is 4. The molecular weight excluding hydrogens is 218 g/mol. The van der Waals surface area contributed by atoms with Crippen molar-refractivity contribution in [3.05, 3.63) is 29.8 Å². The minimum absolute atomic E-state index is 0.173. The first-order chi connectivity index (χ1) is 8.11. The van der Waals surface area contributed by atoms with Crippen molar-refractivity contribution >= 4 is 11.6 Å². The first-order valence-corrected chi connectivity index (χ1v) is 5.43. The van der Waals surface area contributed by atoms with Gasteiger partial charge in [0.1, 0.15) is 5.69 Å². The van der Waals surface area contributed by atoms with E-state index in [4.69, 9.17) is 0 Å². The van der Waals surface area contributed by atoms with Crippen LogP contribution in [0.2, 0.25) is 0 Å². The largest absolute Gasteiger partial charge is 0.318 e. The zero-order valence-corrected chi connectivity index (χ0v) is 10.1. The summed E-state index contributed by atoms with van der Waals surface area (Å²) in [6, 6.07) is 1.68. The molecule has 1 amide bonds. The summed E-state index contributed by atoms with van der Waals surface area (Å²) in [5.74, 6) is -0.173. The molecule has 2 rings (SSSR count). The lowest BCUT2D eigenvalue weighted by molar-refractivity contribution is 0.101. The molecule has 90 valence electrons. The number of amides is 1. The van der Waals surface area contributed by atoms with Gasteiger partial charge < -0.3 is 5.32 Å². The molecule has 1 N–H and O–H groups in total. The number of aryl methyl sites for hydroxylation is 3. The Morgan fingerprint density at radius 2 is 2.24 bits per heavy atom. The van der Waals surface area contributed by atoms with E-state index in [1.165, 1.54) is 4.68 Å². The summed E-state index contributed by atoms with van der Waals surface area (Å²) in [6.45, 7) is 2.00. The molecule has 17 heavy (non-hydrogen) atoms. The summed E-state index contributed by atoms with van der Waals surface area (Å²) in [7, 11) is 3.57. The summed E-state index contributed by atoms with van der Waals surface area (Å²) in [4.78, 5) is 12.0. The van der Waals surface area contributed by atoms with Crippen LogP contribution in [0.5, 0.6) is 0 Å². The van der Waals surface area contributed by atoms with Gasteiger partial charge in [-0.1, -0.05) is 6.92 Å². The van der Waals surface area contributed by atoms with Gasteiger partial charge in [-0.15, -0.1) is 0 Å². The lowest BCUT2D eigenvalue weighted by Crippen LogP contribution is -2.16. The van der Waals surface area contributed by atoms with Crippen LogP contribution >= 0.6 is 0 Å². The van der Waals surface area contributed by atoms with Gasteiger partial charge in [0.15, 0.2) is 0 Å². The van der Waals surface area contributed by atoms with Crippen molar-refractivity contribution in [1.82, 2.24) is 19.6 Å². The fourth-order valence-electron chi connectivity index (χ4n) is 1.68. The lowest BCUT2D eigenvalue weighted by Gasteiger charge is -2.04. The van der Waals surface area contributed by atoms with Gasteiger partial charge in [0.25, 0.3) is 5.91 Å². The third kappa shape index (κ3) is 2.20. The molecule has 6 heteroatoms. The molecule has 0 unspecified atom stereocenters. The van der Waals surface area contributed by atoms with Crippen LogP contribution in [0.1, 0.15) is 23.1 Å². The zero-order chi connectivity index (χ0) is 12.4. The predicted octanol–water partition coefficient (Wildman–Crippen LogP) is 0.968. The Hall–Kier alpha value is -2.11. The number of anilines is 1. The summed E-state index contributed by atoms with van der Waals surface area (Å²) >= 11 is 0. The Bertz CT molecular complexity index is 540. The molecule has 2 aromatic rings. The maximum Gasteiger partial charge on any atom is 0.274 e. The molecule has 0 bridgehead atoms. The van der Waals surface area contributed by atoms with Crippen molar-refractivity contribution in [1.29, 1.82) is 0 Å². The van der Waals surface area contributed by atoms with Crippen molar-refractivity contribution in [3.63, 3.8) is 0 Å². The number of nitrogens with one attached hydrogen (secondary N) is 1. The number of nitrogens with zero attached hydrogens (tertiary/aromatic N) is 4. The van der Waals surface area contributed by atoms with Gasteiger partial charge in [-0.05, 0) is 12.5 Å². The highest BCUT2D eigenvalue weighted by atomic mass is 16.2. The molecule has 0 saturated carbocycles. The smallest absolute Gasteiger partial charge is 0.274 e. The van der Waals surface area contributed by atoms with E-state index >= 15 is 0 Å². The SMILES string of the molecule is CCc1nn(C)cc1NC(=O)c1ccnn1C. The predicted molar refractivity (Wildman–Crippen MR) is 63.7 cm³/mol. The lowest BCUT2D eigenvalue weighted by atomic mass is 10.3. The summed E-state index contributed by atoms with van der Waals surface area (Å²) in [6.07, 6.45) is 4.17. The Balaban J connectivity index is 2.21. The van der Waals surface area contributed by atoms with E-state index in [-0.39, 0.29) is 5.91 Å². The molecule has 0 aliphatic heterocycles. The van der Waals surface area contributed by atoms with Crippen molar-refractivity contribution in [2.45, 2.75) is 13.3 Å². The van der Waals surface area contributed by atoms with Crippen molar-refractivity contribution in [3.8, 4) is 0 Å². The van der Waals surface area contributed by atoms with Crippen LogP contribution < -0.4 is 5.32 Å². The van der Waals surface area contributed by atoms with E-state index < -0.39 is 0 Å². The second kappa shape index (κ2) is 4.40. The van der Waals surface area contributed by atoms with Crippen LogP contribution in [0.3, 0.4) is 0 Å². The highest BCUT2D eigenvalue weighted by molar-refractivity contribution is 6.03. The van der Waals surface area contributed by atoms with E-state index in [9.17, 15) is 4.79 Å². The van der Waals surface area contributed by atoms with Gasteiger partial charge in [-0.3, -0.25) is 14.2 Å². The first kappa shape index (κ1) is 11.4. The molecular formula is C11H15N5O. The molecule has 2 heterocycles. The van der Waals surface area contributed by atoms with Gasteiger partial charge in [0.05, 0.1) is 11.4 Å². The van der Waals surface area contributed by atoms with Crippen molar-refractivity contribution in [2.75, 3.05) is 5.32 Å². The average Bonchev–Trinajstić information content (AvgIpc) is 2.84. The molecule has 6 nitrogen and oxygen atoms in total. The fourth-order valence-corrected chi connectivity index (χ4v) is 1.68. The van der Waals surface area contributed by atoms with Gasteiger partial charge in [0, 0.05) is 26.5 Å². The van der Waals surface area contributed by atoms with Crippen LogP contribution in [-0.4, -0.2) is 25.5 Å². The van der Waals surface area contributed by atoms with Crippen LogP contribution in [-0.2, 0) is 20.5 Å². The Labute approximate surface area is 99.2 Å². The van der Waals surface area contributed by atoms with Gasteiger partial charge >= 0.3 is 0 Å². The van der Waals surface area contributed by atoms with E-state index in [0.29, 0.717) is 5.69 Å². The molecule has 0 aliphatic rings. The normalized spacial score (nSPS) is 10.5. The second-order valence-electron chi connectivity index (χ2n) is 3.81. The summed E-state index contributed by atoms with van der Waals surface area (Å²) < 4.78 is 3.23. The fraction of sp³-hybridized carbons (Fsp3) is 0.364. The van der Waals surface area contributed by atoms with Crippen LogP contribution in [0.15, 0.2) is 18.5 Å². The van der Waals surface area contributed by atoms with Crippen LogP contribution in [0.4, 0.5) is 5.69 Å². The highest BCUT2D eigenvalue weighted by Gasteiger charge is 2.13. The van der Waals surface area contributed by atoms with E-state index in [0.717, 1.165) is 17.8 Å². The quantitative estimate of drug-likeness (QED) is 0.859. The Morgan fingerprint density at radius 1 is 1.47 bits per heavy atom. The molecule has 0 aromatic carbocycles. The molecule has 2 aromatic heterocycles. The van der Waals surface area contributed by atoms with E-state index in [1.807, 2.05) is 14.0 Å². The topological polar surface area (TPSA) is 64.7 Å². The van der Waals surface area contributed by atoms with Crippen molar-refractivity contribution < 1.29 is 4.79 Å². The van der Waals surface area contributed by atoms with Crippen LogP contribution in [0, 0.1) is 0 Å². The molecule has 0 spiro atoms.